The normalized spacial score (nSPS) is 20.1. The number of nitrogens with zero attached hydrogens (tertiary/aromatic N) is 2. The lowest BCUT2D eigenvalue weighted by molar-refractivity contribution is 0.0743. The zero-order chi connectivity index (χ0) is 15.9. The summed E-state index contributed by atoms with van der Waals surface area (Å²) in [6.07, 6.45) is 0.422. The molecule has 3 rings (SSSR count). The Hall–Kier alpha value is -2.22. The number of nitrogens with one attached hydrogen (secondary N) is 1. The highest BCUT2D eigenvalue weighted by Gasteiger charge is 2.34. The number of hydrogen-bond donors (Lipinski definition) is 1. The first-order chi connectivity index (χ1) is 10.4. The van der Waals surface area contributed by atoms with Gasteiger partial charge in [0, 0.05) is 18.5 Å². The molecule has 0 saturated carbocycles. The van der Waals surface area contributed by atoms with E-state index in [4.69, 9.17) is 0 Å². The molecule has 2 aromatic rings. The Bertz CT molecular complexity index is 904. The van der Waals surface area contributed by atoms with Gasteiger partial charge in [-0.05, 0) is 12.5 Å². The lowest BCUT2D eigenvalue weighted by atomic mass is 10.1. The SMILES string of the molecule is CN(C(=O)c1n[nH]c(=O)c2ccccc12)C1CCS(=O)(=O)C1. The Labute approximate surface area is 126 Å². The second kappa shape index (κ2) is 5.20. The number of aromatic nitrogens is 2. The van der Waals surface area contributed by atoms with Crippen LogP contribution in [0.4, 0.5) is 0 Å². The highest BCUT2D eigenvalue weighted by atomic mass is 32.2. The summed E-state index contributed by atoms with van der Waals surface area (Å²) in [6.45, 7) is 0. The molecule has 1 aromatic carbocycles. The van der Waals surface area contributed by atoms with Crippen molar-refractivity contribution in [3.63, 3.8) is 0 Å². The molecule has 1 saturated heterocycles. The first-order valence-corrected chi connectivity index (χ1v) is 8.66. The summed E-state index contributed by atoms with van der Waals surface area (Å²) in [5.41, 5.74) is -0.236. The van der Waals surface area contributed by atoms with Crippen LogP contribution in [-0.4, -0.2) is 54.0 Å². The summed E-state index contributed by atoms with van der Waals surface area (Å²) in [6, 6.07) is 6.35. The molecule has 8 heteroatoms. The first-order valence-electron chi connectivity index (χ1n) is 6.84. The van der Waals surface area contributed by atoms with E-state index in [1.54, 1.807) is 31.3 Å². The molecule has 0 spiro atoms. The minimum absolute atomic E-state index is 0.0312. The lowest BCUT2D eigenvalue weighted by Crippen LogP contribution is -2.38. The molecule has 0 bridgehead atoms. The zero-order valence-electron chi connectivity index (χ0n) is 11.9. The molecule has 1 amide bonds. The Kier molecular flexibility index (Phi) is 3.48. The summed E-state index contributed by atoms with van der Waals surface area (Å²) < 4.78 is 23.1. The molecular formula is C14H15N3O4S. The van der Waals surface area contributed by atoms with Crippen LogP contribution in [0.2, 0.25) is 0 Å². The number of rotatable bonds is 2. The van der Waals surface area contributed by atoms with Crippen LogP contribution in [0.5, 0.6) is 0 Å². The van der Waals surface area contributed by atoms with Gasteiger partial charge in [-0.2, -0.15) is 5.10 Å². The van der Waals surface area contributed by atoms with Gasteiger partial charge in [0.15, 0.2) is 15.5 Å². The Morgan fingerprint density at radius 3 is 2.64 bits per heavy atom. The van der Waals surface area contributed by atoms with Gasteiger partial charge in [-0.1, -0.05) is 18.2 Å². The smallest absolute Gasteiger partial charge is 0.274 e. The number of sulfone groups is 1. The summed E-state index contributed by atoms with van der Waals surface area (Å²) in [7, 11) is -1.51. The van der Waals surface area contributed by atoms with Gasteiger partial charge in [-0.25, -0.2) is 13.5 Å². The lowest BCUT2D eigenvalue weighted by Gasteiger charge is -2.23. The van der Waals surface area contributed by atoms with Gasteiger partial charge in [-0.3, -0.25) is 9.59 Å². The van der Waals surface area contributed by atoms with Gasteiger partial charge in [0.05, 0.1) is 16.9 Å². The van der Waals surface area contributed by atoms with Crippen LogP contribution in [0.1, 0.15) is 16.9 Å². The number of benzene rings is 1. The summed E-state index contributed by atoms with van der Waals surface area (Å²) in [5.74, 6) is -0.333. The quantitative estimate of drug-likeness (QED) is 0.850. The van der Waals surface area contributed by atoms with Crippen LogP contribution in [0.3, 0.4) is 0 Å². The number of amides is 1. The van der Waals surface area contributed by atoms with E-state index >= 15 is 0 Å². The minimum Gasteiger partial charge on any atom is -0.336 e. The van der Waals surface area contributed by atoms with Crippen molar-refractivity contribution in [2.75, 3.05) is 18.6 Å². The van der Waals surface area contributed by atoms with E-state index in [9.17, 15) is 18.0 Å². The third-order valence-electron chi connectivity index (χ3n) is 3.98. The molecule has 116 valence electrons. The van der Waals surface area contributed by atoms with E-state index in [1.165, 1.54) is 4.90 Å². The van der Waals surface area contributed by atoms with Gasteiger partial charge in [-0.15, -0.1) is 0 Å². The summed E-state index contributed by atoms with van der Waals surface area (Å²) in [5, 5.41) is 7.02. The van der Waals surface area contributed by atoms with Gasteiger partial charge in [0.25, 0.3) is 11.5 Å². The van der Waals surface area contributed by atoms with Crippen LogP contribution >= 0.6 is 0 Å². The number of H-pyrrole nitrogens is 1. The number of hydrogen-bond acceptors (Lipinski definition) is 5. The van der Waals surface area contributed by atoms with Crippen molar-refractivity contribution in [1.29, 1.82) is 0 Å². The molecule has 0 aliphatic carbocycles. The molecule has 1 aliphatic heterocycles. The molecule has 1 N–H and O–H groups in total. The Balaban J connectivity index is 1.99. The van der Waals surface area contributed by atoms with Gasteiger partial charge in [0.1, 0.15) is 0 Å². The largest absolute Gasteiger partial charge is 0.336 e. The fourth-order valence-corrected chi connectivity index (χ4v) is 4.47. The molecule has 1 unspecified atom stereocenters. The van der Waals surface area contributed by atoms with Crippen LogP contribution in [-0.2, 0) is 9.84 Å². The topological polar surface area (TPSA) is 100 Å². The first kappa shape index (κ1) is 14.7. The fourth-order valence-electron chi connectivity index (χ4n) is 2.69. The van der Waals surface area contributed by atoms with Crippen LogP contribution in [0, 0.1) is 0 Å². The van der Waals surface area contributed by atoms with Crippen molar-refractivity contribution >= 4 is 26.5 Å². The Morgan fingerprint density at radius 1 is 1.32 bits per heavy atom. The van der Waals surface area contributed by atoms with Crippen molar-refractivity contribution in [1.82, 2.24) is 15.1 Å². The zero-order valence-corrected chi connectivity index (χ0v) is 12.8. The van der Waals surface area contributed by atoms with Crippen molar-refractivity contribution < 1.29 is 13.2 Å². The van der Waals surface area contributed by atoms with Gasteiger partial charge >= 0.3 is 0 Å². The van der Waals surface area contributed by atoms with Crippen LogP contribution < -0.4 is 5.56 Å². The van der Waals surface area contributed by atoms with Crippen molar-refractivity contribution in [2.45, 2.75) is 12.5 Å². The van der Waals surface area contributed by atoms with Crippen LogP contribution in [0.25, 0.3) is 10.8 Å². The van der Waals surface area contributed by atoms with E-state index in [1.807, 2.05) is 0 Å². The van der Waals surface area contributed by atoms with Gasteiger partial charge < -0.3 is 4.90 Å². The number of fused-ring (bicyclic) bond motifs is 1. The fraction of sp³-hybridized carbons (Fsp3) is 0.357. The van der Waals surface area contributed by atoms with E-state index in [-0.39, 0.29) is 28.8 Å². The molecular weight excluding hydrogens is 306 g/mol. The van der Waals surface area contributed by atoms with E-state index < -0.39 is 15.7 Å². The highest BCUT2D eigenvalue weighted by molar-refractivity contribution is 7.91. The van der Waals surface area contributed by atoms with Crippen molar-refractivity contribution in [3.8, 4) is 0 Å². The third-order valence-corrected chi connectivity index (χ3v) is 5.73. The monoisotopic (exact) mass is 321 g/mol. The Morgan fingerprint density at radius 2 is 2.00 bits per heavy atom. The molecule has 1 aromatic heterocycles. The summed E-state index contributed by atoms with van der Waals surface area (Å²) >= 11 is 0. The molecule has 7 nitrogen and oxygen atoms in total. The summed E-state index contributed by atoms with van der Waals surface area (Å²) in [4.78, 5) is 25.8. The predicted molar refractivity (Wildman–Crippen MR) is 81.5 cm³/mol. The average Bonchev–Trinajstić information content (AvgIpc) is 2.87. The third kappa shape index (κ3) is 2.50. The standard InChI is InChI=1S/C14H15N3O4S/c1-17(9-6-7-22(20,21)8-9)14(19)12-10-4-2-3-5-11(10)13(18)16-15-12/h2-5,9H,6-8H2,1H3,(H,16,18). The predicted octanol–water partition coefficient (Wildman–Crippen LogP) is 0.182. The maximum atomic E-state index is 12.6. The highest BCUT2D eigenvalue weighted by Crippen LogP contribution is 2.20. The van der Waals surface area contributed by atoms with Crippen LogP contribution in [0.15, 0.2) is 29.1 Å². The number of carbonyl (C=O) groups is 1. The van der Waals surface area contributed by atoms with Crippen molar-refractivity contribution in [2.24, 2.45) is 0 Å². The second-order valence-electron chi connectivity index (χ2n) is 5.42. The maximum Gasteiger partial charge on any atom is 0.274 e. The number of aromatic amines is 1. The molecule has 1 fully saturated rings. The van der Waals surface area contributed by atoms with Crippen molar-refractivity contribution in [3.05, 3.63) is 40.3 Å². The molecule has 2 heterocycles. The maximum absolute atomic E-state index is 12.6. The second-order valence-corrected chi connectivity index (χ2v) is 7.65. The van der Waals surface area contributed by atoms with Gasteiger partial charge in [0.2, 0.25) is 0 Å². The average molecular weight is 321 g/mol. The molecule has 1 atom stereocenters. The van der Waals surface area contributed by atoms with E-state index in [2.05, 4.69) is 10.2 Å². The number of carbonyl (C=O) groups excluding carboxylic acids is 1. The molecule has 22 heavy (non-hydrogen) atoms. The van der Waals surface area contributed by atoms with E-state index in [0.717, 1.165) is 0 Å². The molecule has 1 aliphatic rings. The van der Waals surface area contributed by atoms with E-state index in [0.29, 0.717) is 17.2 Å². The molecule has 0 radical (unpaired) electrons. The minimum atomic E-state index is -3.08.